The zero-order chi connectivity index (χ0) is 27.0. The Morgan fingerprint density at radius 1 is 1.08 bits per heavy atom. The molecule has 0 aliphatic carbocycles. The monoisotopic (exact) mass is 545 g/mol. The summed E-state index contributed by atoms with van der Waals surface area (Å²) in [6, 6.07) is 6.49. The number of piperidine rings is 3. The van der Waals surface area contributed by atoms with Gasteiger partial charge >= 0.3 is 0 Å². The van der Waals surface area contributed by atoms with Gasteiger partial charge < -0.3 is 10.6 Å². The Hall–Kier alpha value is -2.38. The fourth-order valence-corrected chi connectivity index (χ4v) is 7.34. The van der Waals surface area contributed by atoms with Crippen molar-refractivity contribution in [1.82, 2.24) is 28.6 Å². The maximum Gasteiger partial charge on any atom is 0.281 e. The van der Waals surface area contributed by atoms with Crippen LogP contribution in [-0.4, -0.2) is 95.9 Å². The van der Waals surface area contributed by atoms with Crippen LogP contribution < -0.4 is 11.1 Å². The number of amides is 2. The Morgan fingerprint density at radius 2 is 1.79 bits per heavy atom. The van der Waals surface area contributed by atoms with Crippen LogP contribution in [0.5, 0.6) is 0 Å². The van der Waals surface area contributed by atoms with Crippen LogP contribution in [0.15, 0.2) is 18.2 Å². The van der Waals surface area contributed by atoms with E-state index in [0.29, 0.717) is 57.8 Å². The van der Waals surface area contributed by atoms with Crippen LogP contribution >= 0.6 is 0 Å². The number of carbonyl (C=O) groups excluding carboxylic acids is 2. The van der Waals surface area contributed by atoms with Gasteiger partial charge in [0.1, 0.15) is 0 Å². The molecule has 1 atom stereocenters. The van der Waals surface area contributed by atoms with Crippen molar-refractivity contribution in [2.24, 2.45) is 12.8 Å². The molecule has 0 saturated carbocycles. The molecule has 0 radical (unpaired) electrons. The lowest BCUT2D eigenvalue weighted by molar-refractivity contribution is -0.134. The first-order valence-corrected chi connectivity index (χ1v) is 15.0. The molecular weight excluding hydrogens is 506 g/mol. The summed E-state index contributed by atoms with van der Waals surface area (Å²) in [7, 11) is 0.122. The van der Waals surface area contributed by atoms with Gasteiger partial charge in [-0.1, -0.05) is 12.1 Å². The first-order valence-electron chi connectivity index (χ1n) is 13.6. The fourth-order valence-electron chi connectivity index (χ4n) is 5.96. The van der Waals surface area contributed by atoms with Crippen molar-refractivity contribution >= 4 is 32.9 Å². The fraction of sp³-hybridized carbons (Fsp3) is 0.654. The number of nitrogens with one attached hydrogen (secondary N) is 1. The molecule has 0 bridgehead atoms. The van der Waals surface area contributed by atoms with Crippen molar-refractivity contribution in [3.05, 3.63) is 29.5 Å². The largest absolute Gasteiger partial charge is 0.328 e. The normalized spacial score (nSPS) is 23.4. The van der Waals surface area contributed by atoms with E-state index in [4.69, 9.17) is 5.73 Å². The van der Waals surface area contributed by atoms with Gasteiger partial charge in [0.15, 0.2) is 0 Å². The molecule has 5 rings (SSSR count). The van der Waals surface area contributed by atoms with Gasteiger partial charge in [-0.25, -0.2) is 0 Å². The van der Waals surface area contributed by atoms with Crippen molar-refractivity contribution in [3.8, 4) is 0 Å². The van der Waals surface area contributed by atoms with Crippen molar-refractivity contribution in [1.29, 1.82) is 0 Å². The summed E-state index contributed by atoms with van der Waals surface area (Å²) in [4.78, 5) is 26.3. The highest BCUT2D eigenvalue weighted by atomic mass is 32.2. The van der Waals surface area contributed by atoms with Gasteiger partial charge in [-0.2, -0.15) is 22.1 Å². The predicted molar refractivity (Wildman–Crippen MR) is 145 cm³/mol. The average molecular weight is 546 g/mol. The van der Waals surface area contributed by atoms with E-state index in [1.807, 2.05) is 11.7 Å². The molecule has 3 aliphatic rings. The summed E-state index contributed by atoms with van der Waals surface area (Å²) >= 11 is 0. The van der Waals surface area contributed by atoms with Crippen molar-refractivity contribution in [2.75, 3.05) is 46.3 Å². The van der Waals surface area contributed by atoms with Crippen molar-refractivity contribution in [3.63, 3.8) is 0 Å². The van der Waals surface area contributed by atoms with Gasteiger partial charge in [-0.15, -0.1) is 0 Å². The van der Waals surface area contributed by atoms with Crippen LogP contribution in [0, 0.1) is 0 Å². The number of hydrogen-bond donors (Lipinski definition) is 2. The number of nitrogens with zero attached hydrogens (tertiary/aromatic N) is 5. The van der Waals surface area contributed by atoms with Crippen LogP contribution in [-0.2, 0) is 26.8 Å². The van der Waals surface area contributed by atoms with Crippen molar-refractivity contribution < 1.29 is 18.0 Å². The number of fused-ring (bicyclic) bond motifs is 1. The third-order valence-electron chi connectivity index (χ3n) is 8.48. The number of carbonyl (C=O) groups is 2. The number of benzene rings is 1. The number of rotatable bonds is 7. The Balaban J connectivity index is 1.17. The van der Waals surface area contributed by atoms with Crippen LogP contribution in [0.3, 0.4) is 0 Å². The van der Waals surface area contributed by atoms with E-state index in [1.54, 1.807) is 11.4 Å². The van der Waals surface area contributed by atoms with Crippen LogP contribution in [0.4, 0.5) is 0 Å². The average Bonchev–Trinajstić information content (AvgIpc) is 3.23. The Morgan fingerprint density at radius 3 is 2.47 bits per heavy atom. The summed E-state index contributed by atoms with van der Waals surface area (Å²) in [5.41, 5.74) is 8.92. The van der Waals surface area contributed by atoms with Gasteiger partial charge in [0, 0.05) is 58.1 Å². The van der Waals surface area contributed by atoms with E-state index in [0.717, 1.165) is 42.5 Å². The standard InChI is InChI=1S/C26H39N7O4S/c1-30(38(36,37)33-13-9-20(27)10-14-33)15-16-32-11-7-18(8-12-32)19-3-4-21-23(17-19)31(2)29-25(21)22-5-6-24(34)28-26(22)35/h3-4,17-18,20,22H,5-16,27H2,1-2H3,(H,28,34,35). The minimum Gasteiger partial charge on any atom is -0.328 e. The van der Waals surface area contributed by atoms with Gasteiger partial charge in [0.25, 0.3) is 10.2 Å². The Kier molecular flexibility index (Phi) is 7.88. The minimum atomic E-state index is -3.44. The van der Waals surface area contributed by atoms with E-state index in [-0.39, 0.29) is 17.9 Å². The predicted octanol–water partition coefficient (Wildman–Crippen LogP) is 0.873. The molecule has 2 aromatic rings. The lowest BCUT2D eigenvalue weighted by Crippen LogP contribution is -2.49. The van der Waals surface area contributed by atoms with E-state index in [9.17, 15) is 18.0 Å². The molecule has 12 heteroatoms. The smallest absolute Gasteiger partial charge is 0.281 e. The summed E-state index contributed by atoms with van der Waals surface area (Å²) in [6.45, 7) is 4.01. The number of likely N-dealkylation sites (N-methyl/N-ethyl adjacent to an activating group) is 1. The molecular formula is C26H39N7O4S. The topological polar surface area (TPSA) is 134 Å². The van der Waals surface area contributed by atoms with Gasteiger partial charge in [-0.3, -0.25) is 19.6 Å². The van der Waals surface area contributed by atoms with E-state index in [1.165, 1.54) is 9.87 Å². The number of hydrogen-bond acceptors (Lipinski definition) is 7. The molecule has 2 amide bonds. The first-order chi connectivity index (χ1) is 18.1. The lowest BCUT2D eigenvalue weighted by Gasteiger charge is -2.35. The van der Waals surface area contributed by atoms with Gasteiger partial charge in [-0.05, 0) is 62.7 Å². The lowest BCUT2D eigenvalue weighted by atomic mass is 9.88. The molecule has 11 nitrogen and oxygen atoms in total. The number of imide groups is 1. The quantitative estimate of drug-likeness (QED) is 0.493. The second-order valence-electron chi connectivity index (χ2n) is 11.0. The van der Waals surface area contributed by atoms with E-state index < -0.39 is 16.1 Å². The molecule has 1 aromatic carbocycles. The Bertz CT molecular complexity index is 1290. The molecule has 3 aliphatic heterocycles. The van der Waals surface area contributed by atoms with Crippen molar-refractivity contribution in [2.45, 2.75) is 56.4 Å². The molecule has 3 saturated heterocycles. The third-order valence-corrected chi connectivity index (χ3v) is 10.5. The second-order valence-corrected chi connectivity index (χ2v) is 13.0. The molecule has 3 fully saturated rings. The van der Waals surface area contributed by atoms with E-state index in [2.05, 4.69) is 33.5 Å². The summed E-state index contributed by atoms with van der Waals surface area (Å²) in [5.74, 6) is -0.472. The SMILES string of the molecule is CN(CCN1CCC(c2ccc3c(C4CCC(=O)NC4=O)nn(C)c3c2)CC1)S(=O)(=O)N1CCC(N)CC1. The second kappa shape index (κ2) is 11.0. The zero-order valence-electron chi connectivity index (χ0n) is 22.3. The third kappa shape index (κ3) is 5.50. The first kappa shape index (κ1) is 27.2. The minimum absolute atomic E-state index is 0.0963. The van der Waals surface area contributed by atoms with Gasteiger partial charge in [0.2, 0.25) is 11.8 Å². The molecule has 3 N–H and O–H groups in total. The van der Waals surface area contributed by atoms with Gasteiger partial charge in [0.05, 0.1) is 17.1 Å². The van der Waals surface area contributed by atoms with Crippen LogP contribution in [0.25, 0.3) is 10.9 Å². The molecule has 1 unspecified atom stereocenters. The number of likely N-dealkylation sites (tertiary alicyclic amines) is 1. The summed E-state index contributed by atoms with van der Waals surface area (Å²) in [6.07, 6.45) is 4.25. The van der Waals surface area contributed by atoms with Crippen LogP contribution in [0.2, 0.25) is 0 Å². The Labute approximate surface area is 224 Å². The zero-order valence-corrected chi connectivity index (χ0v) is 23.1. The van der Waals surface area contributed by atoms with Crippen LogP contribution in [0.1, 0.15) is 61.6 Å². The number of aryl methyl sites for hydroxylation is 1. The maximum atomic E-state index is 12.9. The number of aromatic nitrogens is 2. The number of nitrogens with two attached hydrogens (primary N) is 1. The molecule has 208 valence electrons. The maximum absolute atomic E-state index is 12.9. The molecule has 1 aromatic heterocycles. The highest BCUT2D eigenvalue weighted by Gasteiger charge is 2.33. The highest BCUT2D eigenvalue weighted by molar-refractivity contribution is 7.86. The molecule has 38 heavy (non-hydrogen) atoms. The summed E-state index contributed by atoms with van der Waals surface area (Å²) in [5, 5.41) is 8.06. The highest BCUT2D eigenvalue weighted by Crippen LogP contribution is 2.34. The van der Waals surface area contributed by atoms with E-state index >= 15 is 0 Å². The molecule has 4 heterocycles. The summed E-state index contributed by atoms with van der Waals surface area (Å²) < 4.78 is 30.7. The molecule has 0 spiro atoms.